The Hall–Kier alpha value is -2.49. The Morgan fingerprint density at radius 3 is 2.44 bits per heavy atom. The van der Waals surface area contributed by atoms with Crippen LogP contribution in [0.25, 0.3) is 0 Å². The number of hydrogen-bond acceptors (Lipinski definition) is 2. The van der Waals surface area contributed by atoms with E-state index in [9.17, 15) is 9.90 Å². The van der Waals surface area contributed by atoms with Crippen LogP contribution >= 0.6 is 0 Å². The van der Waals surface area contributed by atoms with E-state index in [4.69, 9.17) is 0 Å². The summed E-state index contributed by atoms with van der Waals surface area (Å²) in [6.07, 6.45) is 5.59. The summed E-state index contributed by atoms with van der Waals surface area (Å²) in [4.78, 5) is 14.8. The Bertz CT molecular complexity index is 706. The number of nitrogens with zero attached hydrogens (tertiary/aromatic N) is 1. The summed E-state index contributed by atoms with van der Waals surface area (Å²) < 4.78 is 0. The number of aromatic hydroxyl groups is 1. The normalized spacial score (nSPS) is 14.9. The minimum atomic E-state index is -0.0981. The van der Waals surface area contributed by atoms with Gasteiger partial charge in [0.2, 0.25) is 0 Å². The van der Waals surface area contributed by atoms with E-state index in [1.165, 1.54) is 6.42 Å². The quantitative estimate of drug-likeness (QED) is 0.818. The molecule has 0 radical (unpaired) electrons. The van der Waals surface area contributed by atoms with Crippen molar-refractivity contribution in [2.45, 2.75) is 51.6 Å². The van der Waals surface area contributed by atoms with Crippen LogP contribution in [-0.4, -0.2) is 22.1 Å². The van der Waals surface area contributed by atoms with E-state index in [-0.39, 0.29) is 17.8 Å². The molecule has 0 bridgehead atoms. The lowest BCUT2D eigenvalue weighted by atomic mass is 9.94. The Balaban J connectivity index is 1.78. The molecule has 2 aromatic rings. The van der Waals surface area contributed by atoms with Crippen molar-refractivity contribution < 1.29 is 9.90 Å². The summed E-state index contributed by atoms with van der Waals surface area (Å²) in [6.45, 7) is 2.45. The molecule has 1 aliphatic carbocycles. The molecule has 2 amide bonds. The van der Waals surface area contributed by atoms with Gasteiger partial charge in [0.05, 0.1) is 6.54 Å². The minimum Gasteiger partial charge on any atom is -0.508 e. The lowest BCUT2D eigenvalue weighted by molar-refractivity contribution is 0.162. The predicted octanol–water partition coefficient (Wildman–Crippen LogP) is 5.07. The molecule has 0 atom stereocenters. The number of benzene rings is 2. The molecule has 4 nitrogen and oxygen atoms in total. The van der Waals surface area contributed by atoms with E-state index >= 15 is 0 Å². The largest absolute Gasteiger partial charge is 0.508 e. The van der Waals surface area contributed by atoms with Gasteiger partial charge in [0.1, 0.15) is 5.75 Å². The first-order chi connectivity index (χ1) is 12.1. The van der Waals surface area contributed by atoms with Crippen LogP contribution in [0.15, 0.2) is 48.5 Å². The highest BCUT2D eigenvalue weighted by molar-refractivity contribution is 5.89. The molecular weight excluding hydrogens is 312 g/mol. The maximum Gasteiger partial charge on any atom is 0.322 e. The van der Waals surface area contributed by atoms with Crippen LogP contribution in [0.2, 0.25) is 0 Å². The fourth-order valence-electron chi connectivity index (χ4n) is 3.42. The monoisotopic (exact) mass is 338 g/mol. The number of carbonyl (C=O) groups is 1. The number of hydrogen-bond donors (Lipinski definition) is 2. The highest BCUT2D eigenvalue weighted by Gasteiger charge is 2.26. The second-order valence-corrected chi connectivity index (χ2v) is 6.84. The van der Waals surface area contributed by atoms with Gasteiger partial charge in [-0.1, -0.05) is 55.2 Å². The molecule has 132 valence electrons. The van der Waals surface area contributed by atoms with Gasteiger partial charge in [0.15, 0.2) is 0 Å². The molecule has 1 saturated carbocycles. The topological polar surface area (TPSA) is 52.6 Å². The van der Waals surface area contributed by atoms with Crippen LogP contribution in [0.3, 0.4) is 0 Å². The highest BCUT2D eigenvalue weighted by atomic mass is 16.3. The van der Waals surface area contributed by atoms with E-state index in [2.05, 4.69) is 5.32 Å². The zero-order valence-corrected chi connectivity index (χ0v) is 14.7. The fourth-order valence-corrected chi connectivity index (χ4v) is 3.42. The number of aryl methyl sites for hydroxylation is 1. The van der Waals surface area contributed by atoms with Gasteiger partial charge in [0, 0.05) is 17.3 Å². The first-order valence-corrected chi connectivity index (χ1v) is 9.04. The van der Waals surface area contributed by atoms with Crippen LogP contribution in [0.4, 0.5) is 10.5 Å². The Morgan fingerprint density at radius 2 is 1.76 bits per heavy atom. The summed E-state index contributed by atoms with van der Waals surface area (Å²) in [7, 11) is 0. The molecule has 0 saturated heterocycles. The molecule has 3 rings (SSSR count). The van der Waals surface area contributed by atoms with Crippen molar-refractivity contribution in [3.05, 3.63) is 59.7 Å². The number of phenolic OH excluding ortho intramolecular Hbond substituents is 1. The summed E-state index contributed by atoms with van der Waals surface area (Å²) in [5.41, 5.74) is 2.75. The van der Waals surface area contributed by atoms with Gasteiger partial charge in [0.25, 0.3) is 0 Å². The number of phenols is 1. The van der Waals surface area contributed by atoms with Gasteiger partial charge in [-0.25, -0.2) is 4.79 Å². The Morgan fingerprint density at radius 1 is 1.08 bits per heavy atom. The average Bonchev–Trinajstić information content (AvgIpc) is 2.63. The lowest BCUT2D eigenvalue weighted by Crippen LogP contribution is -2.43. The van der Waals surface area contributed by atoms with E-state index in [1.54, 1.807) is 12.1 Å². The van der Waals surface area contributed by atoms with Crippen molar-refractivity contribution in [2.75, 3.05) is 5.32 Å². The molecule has 4 heteroatoms. The first-order valence-electron chi connectivity index (χ1n) is 9.04. The van der Waals surface area contributed by atoms with E-state index in [0.29, 0.717) is 6.54 Å². The second-order valence-electron chi connectivity index (χ2n) is 6.84. The standard InChI is InChI=1S/C21H26N2O2/c1-16-11-13-18(14-12-16)22-21(25)23(19-8-3-2-4-9-19)15-17-7-5-6-10-20(17)24/h5-7,10-14,19,24H,2-4,8-9,15H2,1H3,(H,22,25). The number of nitrogens with one attached hydrogen (secondary N) is 1. The second kappa shape index (κ2) is 8.06. The molecule has 0 unspecified atom stereocenters. The number of anilines is 1. The van der Waals surface area contributed by atoms with Crippen LogP contribution in [0.1, 0.15) is 43.2 Å². The van der Waals surface area contributed by atoms with Gasteiger partial charge in [-0.05, 0) is 38.0 Å². The van der Waals surface area contributed by atoms with Crippen molar-refractivity contribution in [3.63, 3.8) is 0 Å². The number of carbonyl (C=O) groups excluding carboxylic acids is 1. The van der Waals surface area contributed by atoms with Crippen molar-refractivity contribution >= 4 is 11.7 Å². The molecule has 0 spiro atoms. The number of para-hydroxylation sites is 1. The fraction of sp³-hybridized carbons (Fsp3) is 0.381. The predicted molar refractivity (Wildman–Crippen MR) is 101 cm³/mol. The first kappa shape index (κ1) is 17.3. The molecule has 1 aliphatic rings. The van der Waals surface area contributed by atoms with E-state index in [0.717, 1.165) is 42.5 Å². The maximum absolute atomic E-state index is 12.9. The summed E-state index contributed by atoms with van der Waals surface area (Å²) in [5, 5.41) is 13.1. The summed E-state index contributed by atoms with van der Waals surface area (Å²) >= 11 is 0. The summed E-state index contributed by atoms with van der Waals surface area (Å²) in [5.74, 6) is 0.242. The average molecular weight is 338 g/mol. The molecule has 0 aliphatic heterocycles. The third-order valence-electron chi connectivity index (χ3n) is 4.91. The number of amides is 2. The molecular formula is C21H26N2O2. The van der Waals surface area contributed by atoms with Gasteiger partial charge in [-0.15, -0.1) is 0 Å². The zero-order valence-electron chi connectivity index (χ0n) is 14.7. The molecule has 0 aromatic heterocycles. The number of rotatable bonds is 4. The van der Waals surface area contributed by atoms with Gasteiger partial charge in [-0.2, -0.15) is 0 Å². The summed E-state index contributed by atoms with van der Waals surface area (Å²) in [6, 6.07) is 15.2. The Kier molecular flexibility index (Phi) is 5.59. The molecule has 1 fully saturated rings. The van der Waals surface area contributed by atoms with Gasteiger partial charge in [-0.3, -0.25) is 0 Å². The highest BCUT2D eigenvalue weighted by Crippen LogP contribution is 2.27. The van der Waals surface area contributed by atoms with Gasteiger partial charge >= 0.3 is 6.03 Å². The van der Waals surface area contributed by atoms with E-state index < -0.39 is 0 Å². The van der Waals surface area contributed by atoms with Crippen LogP contribution in [0.5, 0.6) is 5.75 Å². The van der Waals surface area contributed by atoms with Gasteiger partial charge < -0.3 is 15.3 Å². The van der Waals surface area contributed by atoms with Crippen LogP contribution in [-0.2, 0) is 6.54 Å². The maximum atomic E-state index is 12.9. The van der Waals surface area contributed by atoms with Crippen molar-refractivity contribution in [3.8, 4) is 5.75 Å². The smallest absolute Gasteiger partial charge is 0.322 e. The molecule has 2 N–H and O–H groups in total. The molecule has 0 heterocycles. The third kappa shape index (κ3) is 4.53. The zero-order chi connectivity index (χ0) is 17.6. The SMILES string of the molecule is Cc1ccc(NC(=O)N(Cc2ccccc2O)C2CCCCC2)cc1. The van der Waals surface area contributed by atoms with E-state index in [1.807, 2.05) is 48.2 Å². The third-order valence-corrected chi connectivity index (χ3v) is 4.91. The molecule has 2 aromatic carbocycles. The van der Waals surface area contributed by atoms with Crippen LogP contribution in [0, 0.1) is 6.92 Å². The number of urea groups is 1. The molecule has 25 heavy (non-hydrogen) atoms. The van der Waals surface area contributed by atoms with Crippen molar-refractivity contribution in [1.29, 1.82) is 0 Å². The lowest BCUT2D eigenvalue weighted by Gasteiger charge is -2.34. The minimum absolute atomic E-state index is 0.0981. The Labute approximate surface area is 149 Å². The van der Waals surface area contributed by atoms with Crippen molar-refractivity contribution in [2.24, 2.45) is 0 Å². The van der Waals surface area contributed by atoms with Crippen molar-refractivity contribution in [1.82, 2.24) is 4.90 Å². The van der Waals surface area contributed by atoms with Crippen LogP contribution < -0.4 is 5.32 Å².